The zero-order chi connectivity index (χ0) is 15.9. The molecule has 0 atom stereocenters. The van der Waals surface area contributed by atoms with Gasteiger partial charge in [0, 0.05) is 19.5 Å². The lowest BCUT2D eigenvalue weighted by Crippen LogP contribution is -2.31. The van der Waals surface area contributed by atoms with Gasteiger partial charge in [-0.25, -0.2) is 4.68 Å². The van der Waals surface area contributed by atoms with Gasteiger partial charge in [0.15, 0.2) is 0 Å². The number of carboxylic acid groups (broad SMARTS) is 1. The van der Waals surface area contributed by atoms with Crippen molar-refractivity contribution < 1.29 is 14.7 Å². The van der Waals surface area contributed by atoms with Crippen LogP contribution in [-0.4, -0.2) is 38.5 Å². The molecule has 0 saturated carbocycles. The Hall–Kier alpha value is -1.96. The fourth-order valence-corrected chi connectivity index (χ4v) is 1.82. The van der Waals surface area contributed by atoms with Crippen molar-refractivity contribution in [3.63, 3.8) is 0 Å². The Morgan fingerprint density at radius 3 is 2.71 bits per heavy atom. The second kappa shape index (κ2) is 7.72. The van der Waals surface area contributed by atoms with Crippen molar-refractivity contribution in [2.24, 2.45) is 11.1 Å². The van der Waals surface area contributed by atoms with Gasteiger partial charge >= 0.3 is 5.97 Å². The number of nitrogens with two attached hydrogens (primary N) is 1. The minimum Gasteiger partial charge on any atom is -0.481 e. The highest BCUT2D eigenvalue weighted by Gasteiger charge is 2.19. The van der Waals surface area contributed by atoms with E-state index in [1.807, 2.05) is 13.8 Å². The minimum atomic E-state index is -0.797. The fourth-order valence-electron chi connectivity index (χ4n) is 1.82. The molecule has 0 radical (unpaired) electrons. The van der Waals surface area contributed by atoms with Gasteiger partial charge in [0.25, 0.3) is 0 Å². The minimum absolute atomic E-state index is 0.0998. The molecule has 1 aromatic heterocycles. The third kappa shape index (κ3) is 6.84. The lowest BCUT2D eigenvalue weighted by molar-refractivity contribution is -0.137. The number of amides is 1. The molecule has 8 nitrogen and oxygen atoms in total. The summed E-state index contributed by atoms with van der Waals surface area (Å²) >= 11 is 0. The van der Waals surface area contributed by atoms with E-state index >= 15 is 0 Å². The standard InChI is InChI=1S/C13H23N5O3/c1-13(2,4-3-12(20)21)5-6-15-11(19)9-18-8-10(7-14)16-17-18/h8H,3-7,9,14H2,1-2H3,(H,15,19)(H,20,21). The number of hydrogen-bond donors (Lipinski definition) is 3. The molecular weight excluding hydrogens is 274 g/mol. The largest absolute Gasteiger partial charge is 0.481 e. The number of nitrogens with zero attached hydrogens (tertiary/aromatic N) is 3. The molecule has 0 saturated heterocycles. The van der Waals surface area contributed by atoms with Crippen molar-refractivity contribution in [1.29, 1.82) is 0 Å². The summed E-state index contributed by atoms with van der Waals surface area (Å²) in [5.74, 6) is -0.952. The number of hydrogen-bond acceptors (Lipinski definition) is 5. The normalized spacial score (nSPS) is 11.4. The Bertz CT molecular complexity index is 484. The molecule has 8 heteroatoms. The fraction of sp³-hybridized carbons (Fsp3) is 0.692. The molecule has 0 spiro atoms. The summed E-state index contributed by atoms with van der Waals surface area (Å²) in [4.78, 5) is 22.3. The predicted octanol–water partition coefficient (Wildman–Crippen LogP) is 0.134. The molecule has 0 fully saturated rings. The molecule has 0 aliphatic carbocycles. The smallest absolute Gasteiger partial charge is 0.303 e. The summed E-state index contributed by atoms with van der Waals surface area (Å²) in [5.41, 5.74) is 5.93. The Balaban J connectivity index is 2.28. The van der Waals surface area contributed by atoms with E-state index in [-0.39, 0.29) is 24.3 Å². The van der Waals surface area contributed by atoms with E-state index in [9.17, 15) is 9.59 Å². The van der Waals surface area contributed by atoms with E-state index in [2.05, 4.69) is 15.6 Å². The molecular formula is C13H23N5O3. The first kappa shape index (κ1) is 17.1. The summed E-state index contributed by atoms with van der Waals surface area (Å²) < 4.78 is 1.44. The molecule has 118 valence electrons. The summed E-state index contributed by atoms with van der Waals surface area (Å²) in [5, 5.41) is 19.1. The second-order valence-corrected chi connectivity index (χ2v) is 5.77. The summed E-state index contributed by atoms with van der Waals surface area (Å²) in [6, 6.07) is 0. The van der Waals surface area contributed by atoms with E-state index in [1.165, 1.54) is 4.68 Å². The number of aliphatic carboxylic acids is 1. The van der Waals surface area contributed by atoms with Crippen molar-refractivity contribution >= 4 is 11.9 Å². The molecule has 0 unspecified atom stereocenters. The van der Waals surface area contributed by atoms with Crippen molar-refractivity contribution in [3.05, 3.63) is 11.9 Å². The van der Waals surface area contributed by atoms with Gasteiger partial charge in [0.2, 0.25) is 5.91 Å². The average Bonchev–Trinajstić information content (AvgIpc) is 2.84. The van der Waals surface area contributed by atoms with Gasteiger partial charge in [-0.15, -0.1) is 5.10 Å². The summed E-state index contributed by atoms with van der Waals surface area (Å²) in [6.07, 6.45) is 3.08. The van der Waals surface area contributed by atoms with Crippen LogP contribution in [0.3, 0.4) is 0 Å². The van der Waals surface area contributed by atoms with Crippen molar-refractivity contribution in [2.45, 2.75) is 46.2 Å². The number of carbonyl (C=O) groups excluding carboxylic acids is 1. The predicted molar refractivity (Wildman–Crippen MR) is 76.2 cm³/mol. The second-order valence-electron chi connectivity index (χ2n) is 5.77. The lowest BCUT2D eigenvalue weighted by Gasteiger charge is -2.23. The Kier molecular flexibility index (Phi) is 6.29. The molecule has 0 bridgehead atoms. The van der Waals surface area contributed by atoms with Crippen LogP contribution in [0.1, 0.15) is 38.8 Å². The molecule has 4 N–H and O–H groups in total. The van der Waals surface area contributed by atoms with Crippen LogP contribution in [0.2, 0.25) is 0 Å². The van der Waals surface area contributed by atoms with Gasteiger partial charge in [0.1, 0.15) is 6.54 Å². The van der Waals surface area contributed by atoms with Crippen molar-refractivity contribution in [3.8, 4) is 0 Å². The third-order valence-electron chi connectivity index (χ3n) is 3.24. The first-order valence-electron chi connectivity index (χ1n) is 6.90. The highest BCUT2D eigenvalue weighted by atomic mass is 16.4. The monoisotopic (exact) mass is 297 g/mol. The van der Waals surface area contributed by atoms with Crippen molar-refractivity contribution in [1.82, 2.24) is 20.3 Å². The van der Waals surface area contributed by atoms with Gasteiger partial charge in [0.05, 0.1) is 11.9 Å². The van der Waals surface area contributed by atoms with Crippen LogP contribution in [0.4, 0.5) is 0 Å². The van der Waals surface area contributed by atoms with Gasteiger partial charge in [-0.3, -0.25) is 9.59 Å². The van der Waals surface area contributed by atoms with Gasteiger partial charge in [-0.1, -0.05) is 19.1 Å². The lowest BCUT2D eigenvalue weighted by atomic mass is 9.84. The molecule has 0 aliphatic heterocycles. The Morgan fingerprint density at radius 2 is 2.14 bits per heavy atom. The molecule has 0 aromatic carbocycles. The summed E-state index contributed by atoms with van der Waals surface area (Å²) in [6.45, 7) is 4.88. The van der Waals surface area contributed by atoms with Crippen LogP contribution in [0.15, 0.2) is 6.20 Å². The molecule has 1 rings (SSSR count). The van der Waals surface area contributed by atoms with Crippen LogP contribution in [0, 0.1) is 5.41 Å². The van der Waals surface area contributed by atoms with Gasteiger partial charge in [-0.2, -0.15) is 0 Å². The zero-order valence-corrected chi connectivity index (χ0v) is 12.5. The first-order valence-corrected chi connectivity index (χ1v) is 6.90. The molecule has 21 heavy (non-hydrogen) atoms. The van der Waals surface area contributed by atoms with E-state index in [0.717, 1.165) is 6.42 Å². The maximum Gasteiger partial charge on any atom is 0.303 e. The molecule has 1 amide bonds. The van der Waals surface area contributed by atoms with Gasteiger partial charge in [-0.05, 0) is 18.3 Å². The molecule has 1 aromatic rings. The third-order valence-corrected chi connectivity index (χ3v) is 3.24. The number of carboxylic acids is 1. The van der Waals surface area contributed by atoms with Crippen LogP contribution < -0.4 is 11.1 Å². The summed E-state index contributed by atoms with van der Waals surface area (Å²) in [7, 11) is 0. The van der Waals surface area contributed by atoms with E-state index in [1.54, 1.807) is 6.20 Å². The van der Waals surface area contributed by atoms with E-state index in [0.29, 0.717) is 25.2 Å². The van der Waals surface area contributed by atoms with Crippen LogP contribution >= 0.6 is 0 Å². The highest BCUT2D eigenvalue weighted by Crippen LogP contribution is 2.25. The van der Waals surface area contributed by atoms with E-state index < -0.39 is 5.97 Å². The Labute approximate surface area is 123 Å². The van der Waals surface area contributed by atoms with Gasteiger partial charge < -0.3 is 16.2 Å². The first-order chi connectivity index (χ1) is 9.82. The number of aromatic nitrogens is 3. The molecule has 1 heterocycles. The highest BCUT2D eigenvalue weighted by molar-refractivity contribution is 5.75. The maximum atomic E-state index is 11.7. The zero-order valence-electron chi connectivity index (χ0n) is 12.5. The van der Waals surface area contributed by atoms with Crippen LogP contribution in [-0.2, 0) is 22.7 Å². The quantitative estimate of drug-likeness (QED) is 0.595. The SMILES string of the molecule is CC(C)(CCNC(=O)Cn1cc(CN)nn1)CCC(=O)O. The maximum absolute atomic E-state index is 11.7. The molecule has 0 aliphatic rings. The number of rotatable bonds is 9. The topological polar surface area (TPSA) is 123 Å². The number of carbonyl (C=O) groups is 2. The number of nitrogens with one attached hydrogen (secondary N) is 1. The average molecular weight is 297 g/mol. The van der Waals surface area contributed by atoms with Crippen LogP contribution in [0.25, 0.3) is 0 Å². The Morgan fingerprint density at radius 1 is 1.43 bits per heavy atom. The van der Waals surface area contributed by atoms with Crippen LogP contribution in [0.5, 0.6) is 0 Å². The van der Waals surface area contributed by atoms with Crippen molar-refractivity contribution in [2.75, 3.05) is 6.54 Å². The van der Waals surface area contributed by atoms with E-state index in [4.69, 9.17) is 10.8 Å².